The quantitative estimate of drug-likeness (QED) is 0.913. The van der Waals surface area contributed by atoms with Gasteiger partial charge in [0.25, 0.3) is 0 Å². The molecule has 1 aromatic rings. The molecule has 2 aliphatic rings. The van der Waals surface area contributed by atoms with Gasteiger partial charge in [-0.3, -0.25) is 4.90 Å². The minimum Gasteiger partial charge on any atom is -0.491 e. The van der Waals surface area contributed by atoms with Crippen LogP contribution in [0.25, 0.3) is 0 Å². The lowest BCUT2D eigenvalue weighted by molar-refractivity contribution is 0.117. The van der Waals surface area contributed by atoms with Crippen molar-refractivity contribution < 1.29 is 4.74 Å². The van der Waals surface area contributed by atoms with Gasteiger partial charge in [-0.1, -0.05) is 12.1 Å². The molecule has 3 heteroatoms. The highest BCUT2D eigenvalue weighted by Gasteiger charge is 2.34. The van der Waals surface area contributed by atoms with Gasteiger partial charge in [-0.15, -0.1) is 0 Å². The van der Waals surface area contributed by atoms with Gasteiger partial charge in [0.1, 0.15) is 5.75 Å². The van der Waals surface area contributed by atoms with E-state index in [9.17, 15) is 0 Å². The number of likely N-dealkylation sites (tertiary alicyclic amines) is 1. The van der Waals surface area contributed by atoms with Crippen LogP contribution in [-0.4, -0.2) is 36.7 Å². The molecule has 0 amide bonds. The van der Waals surface area contributed by atoms with Gasteiger partial charge in [-0.25, -0.2) is 0 Å². The first-order valence-corrected chi connectivity index (χ1v) is 7.93. The summed E-state index contributed by atoms with van der Waals surface area (Å²) in [6.45, 7) is 8.82. The molecule has 2 unspecified atom stereocenters. The topological polar surface area (TPSA) is 24.5 Å². The van der Waals surface area contributed by atoms with Crippen LogP contribution in [0.5, 0.6) is 5.75 Å². The summed E-state index contributed by atoms with van der Waals surface area (Å²) < 4.78 is 5.70. The van der Waals surface area contributed by atoms with E-state index >= 15 is 0 Å². The van der Waals surface area contributed by atoms with Crippen molar-refractivity contribution in [2.24, 2.45) is 5.92 Å². The number of hydrogen-bond acceptors (Lipinski definition) is 3. The Kier molecular flexibility index (Phi) is 4.27. The van der Waals surface area contributed by atoms with Crippen LogP contribution in [0, 0.1) is 5.92 Å². The summed E-state index contributed by atoms with van der Waals surface area (Å²) in [4.78, 5) is 2.66. The fourth-order valence-corrected chi connectivity index (χ4v) is 3.54. The predicted molar refractivity (Wildman–Crippen MR) is 82.0 cm³/mol. The van der Waals surface area contributed by atoms with Gasteiger partial charge in [0.05, 0.1) is 6.10 Å². The third-order valence-corrected chi connectivity index (χ3v) is 4.47. The third kappa shape index (κ3) is 3.15. The highest BCUT2D eigenvalue weighted by atomic mass is 16.5. The Labute approximate surface area is 122 Å². The summed E-state index contributed by atoms with van der Waals surface area (Å²) in [7, 11) is 0. The summed E-state index contributed by atoms with van der Waals surface area (Å²) in [5, 5.41) is 3.55. The Morgan fingerprint density at radius 2 is 2.05 bits per heavy atom. The molecule has 2 saturated heterocycles. The molecule has 0 bridgehead atoms. The van der Waals surface area contributed by atoms with E-state index in [-0.39, 0.29) is 6.10 Å². The number of rotatable bonds is 4. The van der Waals surface area contributed by atoms with Gasteiger partial charge in [-0.2, -0.15) is 0 Å². The highest BCUT2D eigenvalue weighted by molar-refractivity contribution is 5.27. The molecular weight excluding hydrogens is 248 g/mol. The summed E-state index contributed by atoms with van der Waals surface area (Å²) in [6.07, 6.45) is 2.99. The molecule has 0 aromatic heterocycles. The lowest BCUT2D eigenvalue weighted by atomic mass is 9.91. The van der Waals surface area contributed by atoms with Crippen LogP contribution in [0.2, 0.25) is 0 Å². The van der Waals surface area contributed by atoms with Crippen molar-refractivity contribution in [2.45, 2.75) is 45.4 Å². The van der Waals surface area contributed by atoms with Crippen LogP contribution in [-0.2, 0) is 6.54 Å². The molecule has 1 aromatic carbocycles. The second-order valence-corrected chi connectivity index (χ2v) is 6.41. The normalized spacial score (nSPS) is 26.8. The van der Waals surface area contributed by atoms with E-state index in [1.807, 2.05) is 0 Å². The zero-order valence-corrected chi connectivity index (χ0v) is 12.6. The Bertz CT molecular complexity index is 429. The first-order chi connectivity index (χ1) is 9.72. The minimum atomic E-state index is 0.244. The van der Waals surface area contributed by atoms with Crippen molar-refractivity contribution >= 4 is 0 Å². The maximum atomic E-state index is 5.70. The largest absolute Gasteiger partial charge is 0.491 e. The van der Waals surface area contributed by atoms with Crippen LogP contribution in [0.15, 0.2) is 24.3 Å². The zero-order chi connectivity index (χ0) is 13.9. The monoisotopic (exact) mass is 274 g/mol. The maximum absolute atomic E-state index is 5.70. The molecule has 3 rings (SSSR count). The van der Waals surface area contributed by atoms with Gasteiger partial charge in [0.2, 0.25) is 0 Å². The molecule has 1 N–H and O–H groups in total. The Morgan fingerprint density at radius 3 is 2.80 bits per heavy atom. The van der Waals surface area contributed by atoms with E-state index in [1.165, 1.54) is 38.0 Å². The first kappa shape index (κ1) is 13.9. The van der Waals surface area contributed by atoms with Crippen molar-refractivity contribution in [2.75, 3.05) is 19.6 Å². The number of hydrogen-bond donors (Lipinski definition) is 1. The second kappa shape index (κ2) is 6.15. The average molecular weight is 274 g/mol. The summed E-state index contributed by atoms with van der Waals surface area (Å²) >= 11 is 0. The molecule has 0 saturated carbocycles. The predicted octanol–water partition coefficient (Wildman–Crippen LogP) is 2.66. The van der Waals surface area contributed by atoms with E-state index in [0.717, 1.165) is 24.3 Å². The molecule has 0 spiro atoms. The molecule has 2 heterocycles. The molecule has 110 valence electrons. The number of ether oxygens (including phenoxy) is 1. The SMILES string of the molecule is CC(C)Oc1ccc(CN2CCCC3CNCC32)cc1. The molecule has 0 aliphatic carbocycles. The second-order valence-electron chi connectivity index (χ2n) is 6.41. The highest BCUT2D eigenvalue weighted by Crippen LogP contribution is 2.28. The number of nitrogens with one attached hydrogen (secondary N) is 1. The van der Waals surface area contributed by atoms with Crippen LogP contribution in [0.3, 0.4) is 0 Å². The molecule has 2 aliphatic heterocycles. The Morgan fingerprint density at radius 1 is 1.25 bits per heavy atom. The van der Waals surface area contributed by atoms with Crippen LogP contribution >= 0.6 is 0 Å². The summed E-state index contributed by atoms with van der Waals surface area (Å²) in [5.41, 5.74) is 1.40. The van der Waals surface area contributed by atoms with Gasteiger partial charge < -0.3 is 10.1 Å². The van der Waals surface area contributed by atoms with Crippen molar-refractivity contribution in [3.63, 3.8) is 0 Å². The minimum absolute atomic E-state index is 0.244. The van der Waals surface area contributed by atoms with E-state index in [1.54, 1.807) is 0 Å². The van der Waals surface area contributed by atoms with E-state index in [2.05, 4.69) is 48.3 Å². The molecule has 0 radical (unpaired) electrons. The fourth-order valence-electron chi connectivity index (χ4n) is 3.54. The molecule has 20 heavy (non-hydrogen) atoms. The number of benzene rings is 1. The van der Waals surface area contributed by atoms with Crippen molar-refractivity contribution in [3.05, 3.63) is 29.8 Å². The fraction of sp³-hybridized carbons (Fsp3) is 0.647. The molecule has 3 nitrogen and oxygen atoms in total. The zero-order valence-electron chi connectivity index (χ0n) is 12.6. The number of piperidine rings is 1. The van der Waals surface area contributed by atoms with Gasteiger partial charge in [0.15, 0.2) is 0 Å². The third-order valence-electron chi connectivity index (χ3n) is 4.47. The lowest BCUT2D eigenvalue weighted by Crippen LogP contribution is -2.44. The van der Waals surface area contributed by atoms with Gasteiger partial charge in [-0.05, 0) is 63.4 Å². The van der Waals surface area contributed by atoms with Crippen molar-refractivity contribution in [3.8, 4) is 5.75 Å². The van der Waals surface area contributed by atoms with Crippen molar-refractivity contribution in [1.82, 2.24) is 10.2 Å². The maximum Gasteiger partial charge on any atom is 0.119 e. The number of fused-ring (bicyclic) bond motifs is 1. The molecular formula is C17H26N2O. The summed E-state index contributed by atoms with van der Waals surface area (Å²) in [5.74, 6) is 1.84. The van der Waals surface area contributed by atoms with Gasteiger partial charge in [0, 0.05) is 19.1 Å². The number of nitrogens with zero attached hydrogens (tertiary/aromatic N) is 1. The van der Waals surface area contributed by atoms with Crippen LogP contribution in [0.1, 0.15) is 32.3 Å². The van der Waals surface area contributed by atoms with Crippen molar-refractivity contribution in [1.29, 1.82) is 0 Å². The van der Waals surface area contributed by atoms with E-state index in [0.29, 0.717) is 0 Å². The summed E-state index contributed by atoms with van der Waals surface area (Å²) in [6, 6.07) is 9.37. The molecule has 2 atom stereocenters. The first-order valence-electron chi connectivity index (χ1n) is 7.93. The van der Waals surface area contributed by atoms with Gasteiger partial charge >= 0.3 is 0 Å². The van der Waals surface area contributed by atoms with E-state index in [4.69, 9.17) is 4.74 Å². The lowest BCUT2D eigenvalue weighted by Gasteiger charge is -2.37. The molecule has 2 fully saturated rings. The van der Waals surface area contributed by atoms with Crippen LogP contribution < -0.4 is 10.1 Å². The van der Waals surface area contributed by atoms with E-state index < -0.39 is 0 Å². The Balaban J connectivity index is 1.62. The average Bonchev–Trinajstić information content (AvgIpc) is 2.90. The Hall–Kier alpha value is -1.06. The smallest absolute Gasteiger partial charge is 0.119 e. The standard InChI is InChI=1S/C17H26N2O/c1-13(2)20-16-7-5-14(6-8-16)12-19-9-3-4-15-10-18-11-17(15)19/h5-8,13,15,17-18H,3-4,9-12H2,1-2H3. The van der Waals surface area contributed by atoms with Crippen LogP contribution in [0.4, 0.5) is 0 Å².